The Morgan fingerprint density at radius 1 is 1.18 bits per heavy atom. The van der Waals surface area contributed by atoms with Gasteiger partial charge in [0.1, 0.15) is 17.9 Å². The van der Waals surface area contributed by atoms with Gasteiger partial charge in [-0.25, -0.2) is 9.37 Å². The molecular weight excluding hydrogens is 493 g/mol. The number of methoxy groups -OCH3 is 1. The lowest BCUT2D eigenvalue weighted by Gasteiger charge is -2.27. The van der Waals surface area contributed by atoms with Crippen LogP contribution in [0.5, 0.6) is 5.88 Å². The maximum atomic E-state index is 15.1. The Hall–Kier alpha value is -2.86. The molecule has 2 aliphatic heterocycles. The molecule has 9 nitrogen and oxygen atoms in total. The summed E-state index contributed by atoms with van der Waals surface area (Å²) in [6, 6.07) is 10.9. The second kappa shape index (κ2) is 10.4. The highest BCUT2D eigenvalue weighted by Crippen LogP contribution is 2.37. The molecule has 3 aliphatic rings. The van der Waals surface area contributed by atoms with Gasteiger partial charge in [0.05, 0.1) is 43.6 Å². The molecule has 3 aromatic rings. The number of hydrogen-bond donors (Lipinski definition) is 3. The van der Waals surface area contributed by atoms with Gasteiger partial charge in [-0.1, -0.05) is 30.3 Å². The fraction of sp³-hybridized carbons (Fsp3) is 0.464. The standard InChI is InChI=1S/C28H32FN3O6/c1-34-10-11-35-19-8-6-17(7-9-19)16-2-4-18(5-3-16)26-20(29)12-21-22(32-26)13-25(31-21)38-24-15-36-27-23(33)14-37-28(24,27)30/h2-6,12-13,19,23-24,27,31,33H,7-11,14-15,30H2,1H3/t19?,23-,24-,27-,28-/m1/s1. The van der Waals surface area contributed by atoms with Crippen LogP contribution < -0.4 is 10.5 Å². The Morgan fingerprint density at radius 3 is 2.76 bits per heavy atom. The molecule has 10 heteroatoms. The van der Waals surface area contributed by atoms with Crippen molar-refractivity contribution in [3.05, 3.63) is 53.9 Å². The summed E-state index contributed by atoms with van der Waals surface area (Å²) in [4.78, 5) is 7.61. The Kier molecular flexibility index (Phi) is 6.93. The third-order valence-corrected chi connectivity index (χ3v) is 7.56. The lowest BCUT2D eigenvalue weighted by Crippen LogP contribution is -2.57. The number of aromatic nitrogens is 2. The lowest BCUT2D eigenvalue weighted by atomic mass is 9.91. The van der Waals surface area contributed by atoms with E-state index in [1.54, 1.807) is 13.2 Å². The second-order valence-electron chi connectivity index (χ2n) is 10.0. The Morgan fingerprint density at radius 2 is 2.00 bits per heavy atom. The van der Waals surface area contributed by atoms with Gasteiger partial charge >= 0.3 is 0 Å². The predicted octanol–water partition coefficient (Wildman–Crippen LogP) is 3.16. The van der Waals surface area contributed by atoms with Gasteiger partial charge in [-0.05, 0) is 30.4 Å². The van der Waals surface area contributed by atoms with Gasteiger partial charge in [0.2, 0.25) is 0 Å². The molecule has 1 unspecified atom stereocenters. The summed E-state index contributed by atoms with van der Waals surface area (Å²) in [5.41, 5.74) is 9.49. The molecule has 2 aromatic heterocycles. The minimum absolute atomic E-state index is 0.0870. The normalized spacial score (nSPS) is 29.0. The maximum Gasteiger partial charge on any atom is 0.194 e. The Bertz CT molecular complexity index is 1330. The minimum Gasteiger partial charge on any atom is -0.468 e. The van der Waals surface area contributed by atoms with E-state index in [0.717, 1.165) is 24.8 Å². The van der Waals surface area contributed by atoms with Crippen LogP contribution in [0, 0.1) is 5.82 Å². The van der Waals surface area contributed by atoms with Crippen molar-refractivity contribution in [3.63, 3.8) is 0 Å². The highest BCUT2D eigenvalue weighted by molar-refractivity contribution is 5.81. The van der Waals surface area contributed by atoms with Gasteiger partial charge in [0.15, 0.2) is 23.5 Å². The highest BCUT2D eigenvalue weighted by atomic mass is 19.1. The van der Waals surface area contributed by atoms with E-state index in [2.05, 4.69) is 16.0 Å². The number of nitrogens with zero attached hydrogens (tertiary/aromatic N) is 1. The van der Waals surface area contributed by atoms with Gasteiger partial charge in [-0.15, -0.1) is 0 Å². The van der Waals surface area contributed by atoms with E-state index in [0.29, 0.717) is 35.7 Å². The van der Waals surface area contributed by atoms with Crippen LogP contribution in [0.1, 0.15) is 24.8 Å². The first-order valence-corrected chi connectivity index (χ1v) is 12.9. The van der Waals surface area contributed by atoms with Gasteiger partial charge in [0, 0.05) is 24.8 Å². The molecule has 4 N–H and O–H groups in total. The van der Waals surface area contributed by atoms with Crippen molar-refractivity contribution in [2.45, 2.75) is 49.4 Å². The molecule has 0 bridgehead atoms. The number of halogens is 1. The molecule has 0 amide bonds. The molecule has 2 saturated heterocycles. The number of hydrogen-bond acceptors (Lipinski definition) is 8. The van der Waals surface area contributed by atoms with Crippen LogP contribution >= 0.6 is 0 Å². The topological polar surface area (TPSA) is 121 Å². The largest absolute Gasteiger partial charge is 0.468 e. The average molecular weight is 526 g/mol. The number of rotatable bonds is 8. The first-order valence-electron chi connectivity index (χ1n) is 12.9. The van der Waals surface area contributed by atoms with Crippen molar-refractivity contribution in [1.82, 2.24) is 9.97 Å². The van der Waals surface area contributed by atoms with Crippen LogP contribution in [0.2, 0.25) is 0 Å². The first-order chi connectivity index (χ1) is 18.4. The summed E-state index contributed by atoms with van der Waals surface area (Å²) in [6.07, 6.45) is 3.14. The van der Waals surface area contributed by atoms with Crippen molar-refractivity contribution in [2.75, 3.05) is 33.5 Å². The third-order valence-electron chi connectivity index (χ3n) is 7.56. The smallest absolute Gasteiger partial charge is 0.194 e. The van der Waals surface area contributed by atoms with Crippen LogP contribution in [0.3, 0.4) is 0 Å². The summed E-state index contributed by atoms with van der Waals surface area (Å²) >= 11 is 0. The van der Waals surface area contributed by atoms with Crippen LogP contribution in [0.25, 0.3) is 27.9 Å². The highest BCUT2D eigenvalue weighted by Gasteiger charge is 2.59. The fourth-order valence-electron chi connectivity index (χ4n) is 5.45. The summed E-state index contributed by atoms with van der Waals surface area (Å²) in [6.45, 7) is 1.47. The molecule has 0 spiro atoms. The molecule has 2 fully saturated rings. The molecule has 202 valence electrons. The number of allylic oxidation sites excluding steroid dienone is 1. The van der Waals surface area contributed by atoms with Crippen molar-refractivity contribution >= 4 is 16.6 Å². The molecule has 38 heavy (non-hydrogen) atoms. The number of ether oxygens (including phenoxy) is 5. The number of aromatic amines is 1. The molecule has 1 aromatic carbocycles. The van der Waals surface area contributed by atoms with Gasteiger partial charge in [-0.2, -0.15) is 0 Å². The van der Waals surface area contributed by atoms with Crippen molar-refractivity contribution in [2.24, 2.45) is 5.73 Å². The number of aliphatic hydroxyl groups is 1. The zero-order chi connectivity index (χ0) is 26.3. The average Bonchev–Trinajstić information content (AvgIpc) is 3.56. The second-order valence-corrected chi connectivity index (χ2v) is 10.0. The third kappa shape index (κ3) is 4.72. The first kappa shape index (κ1) is 25.4. The number of nitrogens with two attached hydrogens (primary N) is 1. The monoisotopic (exact) mass is 525 g/mol. The number of fused-ring (bicyclic) bond motifs is 2. The van der Waals surface area contributed by atoms with Gasteiger partial charge in [-0.3, -0.25) is 5.73 Å². The molecule has 0 saturated carbocycles. The zero-order valence-electron chi connectivity index (χ0n) is 21.2. The Labute approximate surface area is 219 Å². The number of H-pyrrole nitrogens is 1. The van der Waals surface area contributed by atoms with E-state index in [1.807, 2.05) is 24.3 Å². The van der Waals surface area contributed by atoms with Gasteiger partial charge < -0.3 is 33.8 Å². The van der Waals surface area contributed by atoms with E-state index >= 15 is 4.39 Å². The summed E-state index contributed by atoms with van der Waals surface area (Å²) in [5, 5.41) is 10.0. The molecule has 0 radical (unpaired) electrons. The Balaban J connectivity index is 1.16. The molecular formula is C28H32FN3O6. The quantitative estimate of drug-likeness (QED) is 0.384. The van der Waals surface area contributed by atoms with Crippen molar-refractivity contribution in [1.29, 1.82) is 0 Å². The molecule has 6 rings (SSSR count). The number of aliphatic hydroxyl groups excluding tert-OH is 1. The van der Waals surface area contributed by atoms with Gasteiger partial charge in [0.25, 0.3) is 0 Å². The van der Waals surface area contributed by atoms with E-state index < -0.39 is 29.9 Å². The SMILES string of the molecule is COCCOC1CC=C(c2ccc(-c3nc4cc(O[C@@H]5CO[C@@H]6[C@H](O)CO[C@@]65N)[nH]c4cc3F)cc2)CC1. The molecule has 1 aliphatic carbocycles. The van der Waals surface area contributed by atoms with Crippen LogP contribution in [0.15, 0.2) is 42.5 Å². The predicted molar refractivity (Wildman–Crippen MR) is 138 cm³/mol. The summed E-state index contributed by atoms with van der Waals surface area (Å²) in [7, 11) is 1.67. The van der Waals surface area contributed by atoms with E-state index in [1.165, 1.54) is 11.6 Å². The fourth-order valence-corrected chi connectivity index (χ4v) is 5.45. The van der Waals surface area contributed by atoms with E-state index in [-0.39, 0.29) is 25.0 Å². The van der Waals surface area contributed by atoms with Crippen molar-refractivity contribution in [3.8, 4) is 17.1 Å². The summed E-state index contributed by atoms with van der Waals surface area (Å²) in [5.74, 6) is -0.0643. The summed E-state index contributed by atoms with van der Waals surface area (Å²) < 4.78 is 43.2. The van der Waals surface area contributed by atoms with Crippen molar-refractivity contribution < 1.29 is 33.2 Å². The van der Waals surface area contributed by atoms with Crippen LogP contribution in [0.4, 0.5) is 4.39 Å². The zero-order valence-corrected chi connectivity index (χ0v) is 21.2. The lowest BCUT2D eigenvalue weighted by molar-refractivity contribution is -0.0637. The molecule has 4 heterocycles. The van der Waals surface area contributed by atoms with E-state index in [9.17, 15) is 5.11 Å². The number of nitrogens with one attached hydrogen (secondary N) is 1. The van der Waals surface area contributed by atoms with Crippen LogP contribution in [-0.4, -0.2) is 78.8 Å². The molecule has 5 atom stereocenters. The van der Waals surface area contributed by atoms with Crippen LogP contribution in [-0.2, 0) is 18.9 Å². The van der Waals surface area contributed by atoms with E-state index in [4.69, 9.17) is 29.4 Å². The number of pyridine rings is 1. The minimum atomic E-state index is -1.24. The maximum absolute atomic E-state index is 15.1. The number of benzene rings is 1.